The molecule has 1 aliphatic heterocycles. The SMILES string of the molecule is COc1ccc(C[C@H]2C[C@@H](C(O)=S)N(C(=O)OCc3ccc([N+](=O)[O-])cc3)C2)cc1. The standard InChI is InChI=1S/C21H22N2O6S/c1-28-18-8-4-14(5-9-18)10-16-11-19(20(24)30)22(12-16)21(25)29-13-15-2-6-17(7-3-15)23(26)27/h2-9,16,19H,10-13H2,1H3,(H,24,30)/t16-,19-/m0/s1. The number of nitro benzene ring substituents is 1. The third-order valence-corrected chi connectivity index (χ3v) is 5.37. The fourth-order valence-electron chi connectivity index (χ4n) is 3.54. The Hall–Kier alpha value is -3.20. The largest absolute Gasteiger partial charge is 0.500 e. The summed E-state index contributed by atoms with van der Waals surface area (Å²) in [5.74, 6) is 0.899. The first-order chi connectivity index (χ1) is 14.4. The van der Waals surface area contributed by atoms with Gasteiger partial charge in [-0.15, -0.1) is 0 Å². The predicted octanol–water partition coefficient (Wildman–Crippen LogP) is 4.06. The van der Waals surface area contributed by atoms with E-state index in [1.807, 2.05) is 24.3 Å². The minimum absolute atomic E-state index is 0.0264. The van der Waals surface area contributed by atoms with Crippen molar-refractivity contribution in [3.63, 3.8) is 0 Å². The first-order valence-electron chi connectivity index (χ1n) is 9.40. The molecule has 1 amide bonds. The predicted molar refractivity (Wildman–Crippen MR) is 114 cm³/mol. The molecule has 8 nitrogen and oxygen atoms in total. The second-order valence-electron chi connectivity index (χ2n) is 7.14. The average molecular weight is 430 g/mol. The molecular weight excluding hydrogens is 408 g/mol. The fraction of sp³-hybridized carbons (Fsp3) is 0.333. The van der Waals surface area contributed by atoms with Gasteiger partial charge in [0.05, 0.1) is 12.0 Å². The third-order valence-electron chi connectivity index (χ3n) is 5.10. The highest BCUT2D eigenvalue weighted by molar-refractivity contribution is 7.80. The Kier molecular flexibility index (Phi) is 6.83. The number of thiocarbonyl (C=S) groups is 1. The first-order valence-corrected chi connectivity index (χ1v) is 9.80. The van der Waals surface area contributed by atoms with Crippen LogP contribution in [0.5, 0.6) is 5.75 Å². The number of likely N-dealkylation sites (tertiary alicyclic amines) is 1. The number of aliphatic hydroxyl groups excluding tert-OH is 1. The van der Waals surface area contributed by atoms with Crippen molar-refractivity contribution in [2.24, 2.45) is 5.92 Å². The van der Waals surface area contributed by atoms with E-state index >= 15 is 0 Å². The lowest BCUT2D eigenvalue weighted by Gasteiger charge is -2.22. The number of benzene rings is 2. The summed E-state index contributed by atoms with van der Waals surface area (Å²) in [6.45, 7) is 0.387. The number of methoxy groups -OCH3 is 1. The molecule has 3 rings (SSSR count). The minimum Gasteiger partial charge on any atom is -0.500 e. The molecule has 0 spiro atoms. The van der Waals surface area contributed by atoms with Gasteiger partial charge >= 0.3 is 6.09 Å². The molecule has 1 saturated heterocycles. The van der Waals surface area contributed by atoms with Crippen LogP contribution in [0, 0.1) is 16.0 Å². The molecule has 2 aromatic carbocycles. The Morgan fingerprint density at radius 1 is 1.20 bits per heavy atom. The minimum atomic E-state index is -0.577. The number of carbonyl (C=O) groups excluding carboxylic acids is 1. The lowest BCUT2D eigenvalue weighted by atomic mass is 9.97. The molecule has 2 aromatic rings. The van der Waals surface area contributed by atoms with Crippen molar-refractivity contribution in [1.82, 2.24) is 4.90 Å². The average Bonchev–Trinajstić information content (AvgIpc) is 3.17. The van der Waals surface area contributed by atoms with Crippen LogP contribution in [0.25, 0.3) is 0 Å². The Balaban J connectivity index is 1.60. The second-order valence-corrected chi connectivity index (χ2v) is 7.56. The molecule has 158 valence electrons. The fourth-order valence-corrected chi connectivity index (χ4v) is 3.77. The molecule has 0 saturated carbocycles. The van der Waals surface area contributed by atoms with Crippen molar-refractivity contribution >= 4 is 29.0 Å². The molecule has 2 atom stereocenters. The Morgan fingerprint density at radius 2 is 1.83 bits per heavy atom. The molecule has 1 fully saturated rings. The molecule has 0 bridgehead atoms. The lowest BCUT2D eigenvalue weighted by Crippen LogP contribution is -2.40. The zero-order valence-corrected chi connectivity index (χ0v) is 17.2. The summed E-state index contributed by atoms with van der Waals surface area (Å²) >= 11 is 4.94. The number of nitrogens with zero attached hydrogens (tertiary/aromatic N) is 2. The van der Waals surface area contributed by atoms with E-state index in [2.05, 4.69) is 0 Å². The summed E-state index contributed by atoms with van der Waals surface area (Å²) in [5, 5.41) is 20.4. The normalized spacial score (nSPS) is 18.1. The number of hydrogen-bond donors (Lipinski definition) is 1. The zero-order valence-electron chi connectivity index (χ0n) is 16.4. The number of hydrogen-bond acceptors (Lipinski definition) is 6. The molecule has 30 heavy (non-hydrogen) atoms. The van der Waals surface area contributed by atoms with Crippen LogP contribution >= 0.6 is 12.2 Å². The monoisotopic (exact) mass is 430 g/mol. The number of non-ortho nitro benzene ring substituents is 1. The molecule has 9 heteroatoms. The summed E-state index contributed by atoms with van der Waals surface area (Å²) in [5.41, 5.74) is 1.70. The van der Waals surface area contributed by atoms with Crippen LogP contribution in [0.15, 0.2) is 48.5 Å². The van der Waals surface area contributed by atoms with Crippen molar-refractivity contribution in [3.8, 4) is 5.75 Å². The highest BCUT2D eigenvalue weighted by Gasteiger charge is 2.38. The van der Waals surface area contributed by atoms with E-state index < -0.39 is 17.1 Å². The van der Waals surface area contributed by atoms with E-state index in [4.69, 9.17) is 21.7 Å². The third kappa shape index (κ3) is 5.24. The van der Waals surface area contributed by atoms with Crippen LogP contribution in [0.2, 0.25) is 0 Å². The van der Waals surface area contributed by atoms with Gasteiger partial charge in [0.25, 0.3) is 5.69 Å². The molecular formula is C21H22N2O6S. The van der Waals surface area contributed by atoms with Gasteiger partial charge in [0.1, 0.15) is 18.4 Å². The van der Waals surface area contributed by atoms with Gasteiger partial charge in [-0.2, -0.15) is 0 Å². The molecule has 1 heterocycles. The first kappa shape index (κ1) is 21.5. The van der Waals surface area contributed by atoms with Crippen LogP contribution in [0.1, 0.15) is 17.5 Å². The number of aliphatic hydroxyl groups is 1. The number of amides is 1. The molecule has 0 aliphatic carbocycles. The molecule has 0 unspecified atom stereocenters. The quantitative estimate of drug-likeness (QED) is 0.401. The Morgan fingerprint density at radius 3 is 2.40 bits per heavy atom. The highest BCUT2D eigenvalue weighted by atomic mass is 32.1. The Labute approximate surface area is 179 Å². The maximum Gasteiger partial charge on any atom is 0.410 e. The van der Waals surface area contributed by atoms with Crippen LogP contribution < -0.4 is 4.74 Å². The van der Waals surface area contributed by atoms with E-state index in [0.717, 1.165) is 17.7 Å². The zero-order chi connectivity index (χ0) is 21.7. The summed E-state index contributed by atoms with van der Waals surface area (Å²) in [7, 11) is 1.61. The van der Waals surface area contributed by atoms with Gasteiger partial charge in [-0.05, 0) is 66.4 Å². The number of nitro groups is 1. The van der Waals surface area contributed by atoms with E-state index in [0.29, 0.717) is 18.5 Å². The summed E-state index contributed by atoms with van der Waals surface area (Å²) in [4.78, 5) is 24.3. The maximum absolute atomic E-state index is 12.6. The van der Waals surface area contributed by atoms with Crippen molar-refractivity contribution in [2.75, 3.05) is 13.7 Å². The topological polar surface area (TPSA) is 102 Å². The lowest BCUT2D eigenvalue weighted by molar-refractivity contribution is -0.384. The molecule has 1 N–H and O–H groups in total. The van der Waals surface area contributed by atoms with Gasteiger partial charge in [-0.1, -0.05) is 12.1 Å². The Bertz CT molecular complexity index is 916. The van der Waals surface area contributed by atoms with E-state index in [1.54, 1.807) is 7.11 Å². The smallest absolute Gasteiger partial charge is 0.410 e. The van der Waals surface area contributed by atoms with Crippen LogP contribution in [0.4, 0.5) is 10.5 Å². The maximum atomic E-state index is 12.6. The van der Waals surface area contributed by atoms with Crippen molar-refractivity contribution < 1.29 is 24.3 Å². The van der Waals surface area contributed by atoms with Gasteiger partial charge in [-0.3, -0.25) is 15.0 Å². The van der Waals surface area contributed by atoms with E-state index in [9.17, 15) is 20.0 Å². The summed E-state index contributed by atoms with van der Waals surface area (Å²) < 4.78 is 10.5. The highest BCUT2D eigenvalue weighted by Crippen LogP contribution is 2.28. The van der Waals surface area contributed by atoms with Crippen molar-refractivity contribution in [2.45, 2.75) is 25.5 Å². The van der Waals surface area contributed by atoms with Crippen molar-refractivity contribution in [3.05, 3.63) is 69.8 Å². The van der Waals surface area contributed by atoms with Gasteiger partial charge in [0.2, 0.25) is 0 Å². The second kappa shape index (κ2) is 9.53. The number of carbonyl (C=O) groups is 1. The van der Waals surface area contributed by atoms with Crippen LogP contribution in [-0.2, 0) is 17.8 Å². The van der Waals surface area contributed by atoms with Gasteiger partial charge in [0, 0.05) is 18.7 Å². The number of ether oxygens (including phenoxy) is 2. The molecule has 1 aliphatic rings. The molecule has 0 radical (unpaired) electrons. The van der Waals surface area contributed by atoms with Crippen LogP contribution in [-0.4, -0.2) is 45.8 Å². The summed E-state index contributed by atoms with van der Waals surface area (Å²) in [6.07, 6.45) is 0.704. The number of rotatable bonds is 7. The van der Waals surface area contributed by atoms with Gasteiger partial charge in [-0.25, -0.2) is 4.79 Å². The van der Waals surface area contributed by atoms with Gasteiger partial charge < -0.3 is 14.6 Å². The van der Waals surface area contributed by atoms with E-state index in [1.165, 1.54) is 29.2 Å². The van der Waals surface area contributed by atoms with Crippen molar-refractivity contribution in [1.29, 1.82) is 0 Å². The summed E-state index contributed by atoms with van der Waals surface area (Å²) in [6, 6.07) is 12.9. The van der Waals surface area contributed by atoms with Gasteiger partial charge in [0.15, 0.2) is 5.05 Å². The van der Waals surface area contributed by atoms with Crippen LogP contribution in [0.3, 0.4) is 0 Å². The van der Waals surface area contributed by atoms with E-state index in [-0.39, 0.29) is 23.3 Å². The molecule has 0 aromatic heterocycles.